The van der Waals surface area contributed by atoms with Gasteiger partial charge < -0.3 is 14.7 Å². The molecular formula is C22H20FN3O3. The van der Waals surface area contributed by atoms with Gasteiger partial charge in [0.25, 0.3) is 5.91 Å². The van der Waals surface area contributed by atoms with Crippen molar-refractivity contribution in [3.63, 3.8) is 0 Å². The molecule has 148 valence electrons. The van der Waals surface area contributed by atoms with E-state index in [0.717, 1.165) is 5.56 Å². The van der Waals surface area contributed by atoms with Gasteiger partial charge in [-0.3, -0.25) is 9.59 Å². The molecule has 0 fully saturated rings. The Morgan fingerprint density at radius 1 is 1.21 bits per heavy atom. The van der Waals surface area contributed by atoms with Gasteiger partial charge in [0.2, 0.25) is 5.91 Å². The number of nitrogens with zero attached hydrogens (tertiary/aromatic N) is 2. The second-order valence-corrected chi connectivity index (χ2v) is 7.03. The molecule has 1 unspecified atom stereocenters. The number of alkyl halides is 1. The maximum Gasteiger partial charge on any atom is 0.274 e. The van der Waals surface area contributed by atoms with Gasteiger partial charge in [-0.1, -0.05) is 53.7 Å². The van der Waals surface area contributed by atoms with E-state index in [1.165, 1.54) is 11.0 Å². The van der Waals surface area contributed by atoms with Crippen molar-refractivity contribution >= 4 is 17.5 Å². The van der Waals surface area contributed by atoms with E-state index in [4.69, 9.17) is 4.52 Å². The predicted molar refractivity (Wildman–Crippen MR) is 105 cm³/mol. The molecular weight excluding hydrogens is 373 g/mol. The molecule has 0 bridgehead atoms. The second kappa shape index (κ2) is 7.87. The van der Waals surface area contributed by atoms with Crippen LogP contribution in [0.1, 0.15) is 40.0 Å². The average molecular weight is 393 g/mol. The van der Waals surface area contributed by atoms with Crippen LogP contribution >= 0.6 is 0 Å². The van der Waals surface area contributed by atoms with Crippen LogP contribution < -0.4 is 10.2 Å². The first-order valence-electron chi connectivity index (χ1n) is 9.34. The summed E-state index contributed by atoms with van der Waals surface area (Å²) < 4.78 is 20.0. The number of halogens is 1. The molecule has 7 heteroatoms. The van der Waals surface area contributed by atoms with Gasteiger partial charge in [0.15, 0.2) is 5.69 Å². The van der Waals surface area contributed by atoms with Gasteiger partial charge in [-0.25, -0.2) is 4.39 Å². The smallest absolute Gasteiger partial charge is 0.274 e. The normalized spacial score (nSPS) is 18.8. The Morgan fingerprint density at radius 3 is 2.72 bits per heavy atom. The molecule has 4 rings (SSSR count). The van der Waals surface area contributed by atoms with E-state index < -0.39 is 18.1 Å². The Kier molecular flexibility index (Phi) is 5.12. The molecule has 0 aliphatic carbocycles. The van der Waals surface area contributed by atoms with Gasteiger partial charge in [-0.15, -0.1) is 0 Å². The van der Waals surface area contributed by atoms with Crippen molar-refractivity contribution in [1.29, 1.82) is 0 Å². The summed E-state index contributed by atoms with van der Waals surface area (Å²) in [5.74, 6) is -0.418. The van der Waals surface area contributed by atoms with Crippen LogP contribution in [0.2, 0.25) is 0 Å². The minimum absolute atomic E-state index is 0.0588. The number of fused-ring (bicyclic) bond motifs is 1. The van der Waals surface area contributed by atoms with Gasteiger partial charge in [0.05, 0.1) is 0 Å². The molecule has 0 saturated heterocycles. The van der Waals surface area contributed by atoms with Crippen LogP contribution in [0.3, 0.4) is 0 Å². The highest BCUT2D eigenvalue weighted by Crippen LogP contribution is 2.35. The lowest BCUT2D eigenvalue weighted by atomic mass is 10.0. The van der Waals surface area contributed by atoms with E-state index in [9.17, 15) is 14.0 Å². The van der Waals surface area contributed by atoms with Crippen molar-refractivity contribution in [1.82, 2.24) is 10.5 Å². The number of likely N-dealkylation sites (N-methyl/N-ethyl adjacent to an activating group) is 1. The van der Waals surface area contributed by atoms with Crippen LogP contribution in [-0.4, -0.2) is 30.1 Å². The summed E-state index contributed by atoms with van der Waals surface area (Å²) in [5.41, 5.74) is 2.03. The highest BCUT2D eigenvalue weighted by Gasteiger charge is 2.34. The summed E-state index contributed by atoms with van der Waals surface area (Å²) >= 11 is 0. The number of carbonyl (C=O) groups excluding carboxylic acids is 2. The number of aromatic nitrogens is 1. The third-order valence-electron chi connectivity index (χ3n) is 5.02. The summed E-state index contributed by atoms with van der Waals surface area (Å²) in [6.45, 7) is 0. The number of hydrogen-bond donors (Lipinski definition) is 1. The number of carbonyl (C=O) groups is 2. The molecule has 1 aliphatic rings. The first-order valence-corrected chi connectivity index (χ1v) is 9.34. The Hall–Kier alpha value is -3.48. The minimum atomic E-state index is -1.36. The summed E-state index contributed by atoms with van der Waals surface area (Å²) in [7, 11) is 1.58. The lowest BCUT2D eigenvalue weighted by Gasteiger charge is -2.21. The van der Waals surface area contributed by atoms with Crippen molar-refractivity contribution in [3.05, 3.63) is 83.2 Å². The molecule has 1 N–H and O–H groups in total. The van der Waals surface area contributed by atoms with E-state index >= 15 is 0 Å². The highest BCUT2D eigenvalue weighted by atomic mass is 19.1. The lowest BCUT2D eigenvalue weighted by Crippen LogP contribution is -2.47. The molecule has 0 radical (unpaired) electrons. The minimum Gasteiger partial charge on any atom is -0.360 e. The maximum absolute atomic E-state index is 14.8. The van der Waals surface area contributed by atoms with Crippen LogP contribution in [0.25, 0.3) is 0 Å². The Balaban J connectivity index is 1.48. The zero-order valence-corrected chi connectivity index (χ0v) is 15.8. The summed E-state index contributed by atoms with van der Waals surface area (Å²) in [6.07, 6.45) is -1.01. The van der Waals surface area contributed by atoms with E-state index in [0.29, 0.717) is 23.4 Å². The number of para-hydroxylation sites is 1. The fourth-order valence-electron chi connectivity index (χ4n) is 3.50. The summed E-state index contributed by atoms with van der Waals surface area (Å²) in [4.78, 5) is 26.7. The lowest BCUT2D eigenvalue weighted by molar-refractivity contribution is -0.120. The van der Waals surface area contributed by atoms with Gasteiger partial charge in [-0.05, 0) is 11.6 Å². The van der Waals surface area contributed by atoms with Crippen LogP contribution in [0.4, 0.5) is 10.1 Å². The van der Waals surface area contributed by atoms with Crippen LogP contribution in [0.15, 0.2) is 65.2 Å². The Bertz CT molecular complexity index is 1030. The molecule has 29 heavy (non-hydrogen) atoms. The molecule has 0 saturated carbocycles. The molecule has 2 atom stereocenters. The van der Waals surface area contributed by atoms with Crippen molar-refractivity contribution in [2.45, 2.75) is 25.1 Å². The van der Waals surface area contributed by atoms with Crippen LogP contribution in [0, 0.1) is 0 Å². The topological polar surface area (TPSA) is 75.4 Å². The second-order valence-electron chi connectivity index (χ2n) is 7.03. The standard InChI is InChI=1S/C22H20FN3O3/c1-26-20-10-6-5-9-16(20)17(23)13-19(22(26)28)24-21(27)18-12-15(29-25-18)11-14-7-3-2-4-8-14/h2-10,12,17,19H,11,13H2,1H3,(H,24,27)/t17?,19-/m0/s1. The molecule has 1 aliphatic heterocycles. The molecule has 2 aromatic carbocycles. The fraction of sp³-hybridized carbons (Fsp3) is 0.227. The zero-order valence-electron chi connectivity index (χ0n) is 15.8. The van der Waals surface area contributed by atoms with Crippen molar-refractivity contribution in [2.24, 2.45) is 0 Å². The van der Waals surface area contributed by atoms with E-state index in [-0.39, 0.29) is 18.0 Å². The Labute approximate surface area is 167 Å². The number of benzene rings is 2. The van der Waals surface area contributed by atoms with Crippen molar-refractivity contribution < 1.29 is 18.5 Å². The first kappa shape index (κ1) is 18.9. The SMILES string of the molecule is CN1C(=O)[C@@H](NC(=O)c2cc(Cc3ccccc3)on2)CC(F)c2ccccc21. The molecule has 0 spiro atoms. The summed E-state index contributed by atoms with van der Waals surface area (Å²) in [6, 6.07) is 17.0. The molecule has 3 aromatic rings. The van der Waals surface area contributed by atoms with Gasteiger partial charge in [0.1, 0.15) is 18.0 Å². The maximum atomic E-state index is 14.8. The molecule has 2 heterocycles. The van der Waals surface area contributed by atoms with E-state index in [1.54, 1.807) is 31.3 Å². The fourth-order valence-corrected chi connectivity index (χ4v) is 3.50. The number of nitrogens with one attached hydrogen (secondary N) is 1. The quantitative estimate of drug-likeness (QED) is 0.737. The van der Waals surface area contributed by atoms with Crippen LogP contribution in [-0.2, 0) is 11.2 Å². The molecule has 6 nitrogen and oxygen atoms in total. The first-order chi connectivity index (χ1) is 14.0. The predicted octanol–water partition coefficient (Wildman–Crippen LogP) is 3.44. The Morgan fingerprint density at radius 2 is 1.93 bits per heavy atom. The third kappa shape index (κ3) is 3.89. The summed E-state index contributed by atoms with van der Waals surface area (Å²) in [5, 5.41) is 6.40. The number of anilines is 1. The molecule has 1 aromatic heterocycles. The monoisotopic (exact) mass is 393 g/mol. The number of hydrogen-bond acceptors (Lipinski definition) is 4. The van der Waals surface area contributed by atoms with Crippen LogP contribution in [0.5, 0.6) is 0 Å². The third-order valence-corrected chi connectivity index (χ3v) is 5.02. The zero-order chi connectivity index (χ0) is 20.4. The number of amides is 2. The number of rotatable bonds is 4. The van der Waals surface area contributed by atoms with E-state index in [2.05, 4.69) is 10.5 Å². The van der Waals surface area contributed by atoms with Crippen molar-refractivity contribution in [3.8, 4) is 0 Å². The molecule has 2 amide bonds. The highest BCUT2D eigenvalue weighted by molar-refractivity contribution is 6.02. The van der Waals surface area contributed by atoms with E-state index in [1.807, 2.05) is 30.3 Å². The average Bonchev–Trinajstić information content (AvgIpc) is 3.18. The largest absolute Gasteiger partial charge is 0.360 e. The van der Waals surface area contributed by atoms with Gasteiger partial charge in [0, 0.05) is 37.2 Å². The van der Waals surface area contributed by atoms with Gasteiger partial charge in [-0.2, -0.15) is 0 Å². The van der Waals surface area contributed by atoms with Gasteiger partial charge >= 0.3 is 0 Å². The van der Waals surface area contributed by atoms with Crippen molar-refractivity contribution in [2.75, 3.05) is 11.9 Å².